The third-order valence-corrected chi connectivity index (χ3v) is 3.25. The van der Waals surface area contributed by atoms with Crippen LogP contribution in [-0.4, -0.2) is 15.1 Å². The van der Waals surface area contributed by atoms with Crippen molar-refractivity contribution in [1.82, 2.24) is 9.97 Å². The molecule has 3 aromatic rings. The number of fused-ring (bicyclic) bond motifs is 1. The Balaban J connectivity index is 1.89. The molecule has 0 aliphatic heterocycles. The van der Waals surface area contributed by atoms with E-state index < -0.39 is 6.10 Å². The first-order valence-corrected chi connectivity index (χ1v) is 6.36. The van der Waals surface area contributed by atoms with Crippen molar-refractivity contribution in [3.05, 3.63) is 71.8 Å². The normalized spacial score (nSPS) is 12.5. The number of aliphatic hydroxyl groups is 1. The summed E-state index contributed by atoms with van der Waals surface area (Å²) in [6.45, 7) is 0. The van der Waals surface area contributed by atoms with Crippen molar-refractivity contribution in [3.8, 4) is 0 Å². The zero-order valence-electron chi connectivity index (χ0n) is 10.7. The molecule has 1 N–H and O–H groups in total. The molecule has 0 saturated heterocycles. The van der Waals surface area contributed by atoms with Gasteiger partial charge >= 0.3 is 0 Å². The van der Waals surface area contributed by atoms with Crippen molar-refractivity contribution in [3.63, 3.8) is 0 Å². The molecule has 0 aliphatic carbocycles. The smallest absolute Gasteiger partial charge is 0.126 e. The number of hydrogen-bond donors (Lipinski definition) is 1. The zero-order chi connectivity index (χ0) is 13.9. The van der Waals surface area contributed by atoms with Crippen LogP contribution in [0.1, 0.15) is 17.2 Å². The van der Waals surface area contributed by atoms with E-state index in [9.17, 15) is 9.50 Å². The summed E-state index contributed by atoms with van der Waals surface area (Å²) in [4.78, 5) is 8.38. The summed E-state index contributed by atoms with van der Waals surface area (Å²) < 4.78 is 13.6. The Hall–Kier alpha value is -2.33. The van der Waals surface area contributed by atoms with Crippen LogP contribution in [0.25, 0.3) is 11.0 Å². The Labute approximate surface area is 115 Å². The molecule has 0 amide bonds. The van der Waals surface area contributed by atoms with E-state index in [1.807, 2.05) is 6.07 Å². The monoisotopic (exact) mass is 268 g/mol. The molecule has 20 heavy (non-hydrogen) atoms. The molecule has 100 valence electrons. The largest absolute Gasteiger partial charge is 0.388 e. The standard InChI is InChI=1S/C16H13FN2O/c17-13-4-2-1-3-11(13)10-16(20)12-5-6-14-15(9-12)19-8-7-18-14/h1-9,16,20H,10H2. The van der Waals surface area contributed by atoms with Gasteiger partial charge in [-0.05, 0) is 29.3 Å². The van der Waals surface area contributed by atoms with E-state index in [4.69, 9.17) is 0 Å². The van der Waals surface area contributed by atoms with Crippen LogP contribution < -0.4 is 0 Å². The van der Waals surface area contributed by atoms with Gasteiger partial charge in [-0.2, -0.15) is 0 Å². The first-order chi connectivity index (χ1) is 9.74. The fourth-order valence-corrected chi connectivity index (χ4v) is 2.18. The second-order valence-electron chi connectivity index (χ2n) is 4.62. The van der Waals surface area contributed by atoms with Crippen molar-refractivity contribution in [2.45, 2.75) is 12.5 Å². The first-order valence-electron chi connectivity index (χ1n) is 6.36. The Kier molecular flexibility index (Phi) is 3.39. The highest BCUT2D eigenvalue weighted by molar-refractivity contribution is 5.74. The third-order valence-electron chi connectivity index (χ3n) is 3.25. The number of aliphatic hydroxyl groups excluding tert-OH is 1. The van der Waals surface area contributed by atoms with Crippen LogP contribution in [0.5, 0.6) is 0 Å². The summed E-state index contributed by atoms with van der Waals surface area (Å²) in [5, 5.41) is 10.2. The minimum Gasteiger partial charge on any atom is -0.388 e. The molecule has 0 aliphatic rings. The second-order valence-corrected chi connectivity index (χ2v) is 4.62. The summed E-state index contributed by atoms with van der Waals surface area (Å²) in [5.74, 6) is -0.299. The highest BCUT2D eigenvalue weighted by Gasteiger charge is 2.12. The second kappa shape index (κ2) is 5.35. The van der Waals surface area contributed by atoms with Gasteiger partial charge in [0.1, 0.15) is 5.82 Å². The number of halogens is 1. The average Bonchev–Trinajstić information content (AvgIpc) is 2.49. The summed E-state index contributed by atoms with van der Waals surface area (Å²) in [7, 11) is 0. The molecule has 2 aromatic carbocycles. The summed E-state index contributed by atoms with van der Waals surface area (Å²) in [5.41, 5.74) is 2.70. The van der Waals surface area contributed by atoms with Gasteiger partial charge in [0.2, 0.25) is 0 Å². The number of aromatic nitrogens is 2. The third kappa shape index (κ3) is 2.51. The lowest BCUT2D eigenvalue weighted by Gasteiger charge is -2.12. The first kappa shape index (κ1) is 12.7. The van der Waals surface area contributed by atoms with Crippen LogP contribution in [0.3, 0.4) is 0 Å². The number of hydrogen-bond acceptors (Lipinski definition) is 3. The van der Waals surface area contributed by atoms with E-state index in [-0.39, 0.29) is 12.2 Å². The molecule has 1 heterocycles. The van der Waals surface area contributed by atoms with Crippen molar-refractivity contribution < 1.29 is 9.50 Å². The van der Waals surface area contributed by atoms with Gasteiger partial charge in [-0.3, -0.25) is 9.97 Å². The predicted octanol–water partition coefficient (Wildman–Crippen LogP) is 3.05. The molecule has 1 atom stereocenters. The van der Waals surface area contributed by atoms with Gasteiger partial charge in [-0.1, -0.05) is 24.3 Å². The van der Waals surface area contributed by atoms with Crippen molar-refractivity contribution in [2.24, 2.45) is 0 Å². The number of benzene rings is 2. The van der Waals surface area contributed by atoms with Crippen LogP contribution in [0.2, 0.25) is 0 Å². The fraction of sp³-hybridized carbons (Fsp3) is 0.125. The maximum absolute atomic E-state index is 13.6. The molecule has 0 spiro atoms. The minimum absolute atomic E-state index is 0.235. The van der Waals surface area contributed by atoms with Crippen LogP contribution in [0.4, 0.5) is 4.39 Å². The maximum atomic E-state index is 13.6. The van der Waals surface area contributed by atoms with Gasteiger partial charge < -0.3 is 5.11 Å². The van der Waals surface area contributed by atoms with Gasteiger partial charge in [0.15, 0.2) is 0 Å². The Morgan fingerprint density at radius 1 is 1.00 bits per heavy atom. The van der Waals surface area contributed by atoms with E-state index >= 15 is 0 Å². The topological polar surface area (TPSA) is 46.0 Å². The van der Waals surface area contributed by atoms with E-state index in [1.54, 1.807) is 42.7 Å². The SMILES string of the molecule is OC(Cc1ccccc1F)c1ccc2nccnc2c1. The molecule has 0 radical (unpaired) electrons. The molecule has 1 unspecified atom stereocenters. The van der Waals surface area contributed by atoms with Crippen LogP contribution in [0.15, 0.2) is 54.9 Å². The van der Waals surface area contributed by atoms with Gasteiger partial charge in [0.05, 0.1) is 17.1 Å². The van der Waals surface area contributed by atoms with Gasteiger partial charge in [-0.15, -0.1) is 0 Å². The minimum atomic E-state index is -0.765. The Bertz CT molecular complexity index is 745. The molecule has 0 fully saturated rings. The summed E-state index contributed by atoms with van der Waals surface area (Å²) >= 11 is 0. The molecule has 0 saturated carbocycles. The average molecular weight is 268 g/mol. The van der Waals surface area contributed by atoms with Crippen LogP contribution in [-0.2, 0) is 6.42 Å². The highest BCUT2D eigenvalue weighted by atomic mass is 19.1. The van der Waals surface area contributed by atoms with E-state index in [0.29, 0.717) is 11.1 Å². The zero-order valence-corrected chi connectivity index (χ0v) is 10.7. The van der Waals surface area contributed by atoms with Crippen molar-refractivity contribution in [2.75, 3.05) is 0 Å². The lowest BCUT2D eigenvalue weighted by molar-refractivity contribution is 0.177. The molecule has 3 rings (SSSR count). The van der Waals surface area contributed by atoms with Gasteiger partial charge in [0.25, 0.3) is 0 Å². The molecule has 1 aromatic heterocycles. The van der Waals surface area contributed by atoms with Crippen molar-refractivity contribution >= 4 is 11.0 Å². The Morgan fingerprint density at radius 3 is 2.55 bits per heavy atom. The van der Waals surface area contributed by atoms with Crippen molar-refractivity contribution in [1.29, 1.82) is 0 Å². The summed E-state index contributed by atoms with van der Waals surface area (Å²) in [6, 6.07) is 11.9. The fourth-order valence-electron chi connectivity index (χ4n) is 2.18. The van der Waals surface area contributed by atoms with E-state index in [0.717, 1.165) is 11.0 Å². The molecule has 0 bridgehead atoms. The van der Waals surface area contributed by atoms with E-state index in [2.05, 4.69) is 9.97 Å². The van der Waals surface area contributed by atoms with Crippen LogP contribution in [0, 0.1) is 5.82 Å². The predicted molar refractivity (Wildman–Crippen MR) is 74.6 cm³/mol. The molecular weight excluding hydrogens is 255 g/mol. The molecular formula is C16H13FN2O. The number of rotatable bonds is 3. The lowest BCUT2D eigenvalue weighted by atomic mass is 10.0. The highest BCUT2D eigenvalue weighted by Crippen LogP contribution is 2.22. The summed E-state index contributed by atoms with van der Waals surface area (Å²) in [6.07, 6.45) is 2.70. The van der Waals surface area contributed by atoms with Gasteiger partial charge in [0, 0.05) is 18.8 Å². The maximum Gasteiger partial charge on any atom is 0.126 e. The number of nitrogens with zero attached hydrogens (tertiary/aromatic N) is 2. The van der Waals surface area contributed by atoms with E-state index in [1.165, 1.54) is 6.07 Å². The lowest BCUT2D eigenvalue weighted by Crippen LogP contribution is -2.03. The van der Waals surface area contributed by atoms with Gasteiger partial charge in [-0.25, -0.2) is 4.39 Å². The molecule has 3 nitrogen and oxygen atoms in total. The van der Waals surface area contributed by atoms with Crippen LogP contribution >= 0.6 is 0 Å². The molecule has 4 heteroatoms. The quantitative estimate of drug-likeness (QED) is 0.794. The Morgan fingerprint density at radius 2 is 1.75 bits per heavy atom.